The highest BCUT2D eigenvalue weighted by Gasteiger charge is 2.52. The van der Waals surface area contributed by atoms with Crippen LogP contribution in [-0.2, 0) is 4.79 Å². The first-order chi connectivity index (χ1) is 9.58. The van der Waals surface area contributed by atoms with Gasteiger partial charge in [-0.1, -0.05) is 12.1 Å². The van der Waals surface area contributed by atoms with Crippen molar-refractivity contribution in [2.24, 2.45) is 5.92 Å². The van der Waals surface area contributed by atoms with Gasteiger partial charge in [0.05, 0.1) is 17.8 Å². The minimum atomic E-state index is -0.925. The van der Waals surface area contributed by atoms with Gasteiger partial charge in [0.2, 0.25) is 0 Å². The summed E-state index contributed by atoms with van der Waals surface area (Å²) in [5.74, 6) is -0.323. The molecule has 20 heavy (non-hydrogen) atoms. The number of halogens is 1. The predicted molar refractivity (Wildman–Crippen MR) is 73.4 cm³/mol. The first-order valence-corrected chi connectivity index (χ1v) is 6.87. The zero-order valence-corrected chi connectivity index (χ0v) is 11.4. The summed E-state index contributed by atoms with van der Waals surface area (Å²) in [6, 6.07) is 6.86. The Hall–Kier alpha value is -1.91. The van der Waals surface area contributed by atoms with E-state index < -0.39 is 12.2 Å². The van der Waals surface area contributed by atoms with Gasteiger partial charge in [-0.25, -0.2) is 4.39 Å². The molecule has 3 rings (SSSR count). The van der Waals surface area contributed by atoms with Gasteiger partial charge in [-0.2, -0.15) is 0 Å². The Morgan fingerprint density at radius 2 is 2.05 bits per heavy atom. The molecule has 0 aromatic heterocycles. The number of amides is 2. The maximum Gasteiger partial charge on any atom is 0.254 e. The van der Waals surface area contributed by atoms with Crippen LogP contribution < -0.4 is 10.2 Å². The number of hydrogen-bond donors (Lipinski definition) is 1. The minimum absolute atomic E-state index is 0.0207. The molecule has 0 radical (unpaired) electrons. The lowest BCUT2D eigenvalue weighted by Crippen LogP contribution is -2.57. The van der Waals surface area contributed by atoms with Gasteiger partial charge in [0.15, 0.2) is 0 Å². The molecule has 1 heterocycles. The summed E-state index contributed by atoms with van der Waals surface area (Å²) in [5.41, 5.74) is 0.00125. The van der Waals surface area contributed by atoms with Crippen LogP contribution >= 0.6 is 0 Å². The van der Waals surface area contributed by atoms with E-state index in [9.17, 15) is 14.0 Å². The number of carbonyl (C=O) groups excluding carboxylic acids is 2. The number of hydrogen-bond acceptors (Lipinski definition) is 2. The van der Waals surface area contributed by atoms with Crippen molar-refractivity contribution >= 4 is 17.5 Å². The smallest absolute Gasteiger partial charge is 0.254 e. The van der Waals surface area contributed by atoms with Gasteiger partial charge in [-0.05, 0) is 37.8 Å². The van der Waals surface area contributed by atoms with Crippen LogP contribution in [0.1, 0.15) is 30.1 Å². The lowest BCUT2D eigenvalue weighted by Gasteiger charge is -2.32. The molecule has 0 saturated heterocycles. The molecule has 2 amide bonds. The number of nitrogens with zero attached hydrogens (tertiary/aromatic N) is 1. The molecular formula is C15H17FN2O2. The molecule has 1 atom stereocenters. The van der Waals surface area contributed by atoms with Crippen LogP contribution in [0.3, 0.4) is 0 Å². The zero-order valence-electron chi connectivity index (χ0n) is 11.4. The topological polar surface area (TPSA) is 49.4 Å². The van der Waals surface area contributed by atoms with Gasteiger partial charge in [0, 0.05) is 0 Å². The molecule has 1 aromatic rings. The van der Waals surface area contributed by atoms with Crippen molar-refractivity contribution in [3.63, 3.8) is 0 Å². The maximum atomic E-state index is 12.8. The second kappa shape index (κ2) is 4.58. The average molecular weight is 276 g/mol. The molecule has 1 unspecified atom stereocenters. The Balaban J connectivity index is 2.11. The average Bonchev–Trinajstić information content (AvgIpc) is 3.28. The van der Waals surface area contributed by atoms with E-state index >= 15 is 0 Å². The van der Waals surface area contributed by atoms with Gasteiger partial charge in [-0.15, -0.1) is 0 Å². The summed E-state index contributed by atoms with van der Waals surface area (Å²) in [6.07, 6.45) is 1.84. The van der Waals surface area contributed by atoms with Crippen molar-refractivity contribution in [1.29, 1.82) is 0 Å². The lowest BCUT2D eigenvalue weighted by atomic mass is 9.94. The third kappa shape index (κ3) is 1.88. The molecule has 5 heteroatoms. The molecule has 106 valence electrons. The molecule has 2 aliphatic rings. The largest absolute Gasteiger partial charge is 0.338 e. The molecule has 1 N–H and O–H groups in total. The van der Waals surface area contributed by atoms with Crippen LogP contribution in [0.5, 0.6) is 0 Å². The monoisotopic (exact) mass is 276 g/mol. The quantitative estimate of drug-likeness (QED) is 0.916. The molecular weight excluding hydrogens is 259 g/mol. The molecule has 1 aromatic carbocycles. The van der Waals surface area contributed by atoms with Crippen molar-refractivity contribution in [3.8, 4) is 0 Å². The van der Waals surface area contributed by atoms with Crippen LogP contribution in [0.4, 0.5) is 10.1 Å². The fourth-order valence-electron chi connectivity index (χ4n) is 2.89. The number of fused-ring (bicyclic) bond motifs is 1. The first kappa shape index (κ1) is 13.1. The highest BCUT2D eigenvalue weighted by Crippen LogP contribution is 2.42. The molecule has 1 fully saturated rings. The number of carbonyl (C=O) groups is 2. The van der Waals surface area contributed by atoms with Crippen LogP contribution in [0.25, 0.3) is 0 Å². The number of alkyl halides is 1. The van der Waals surface area contributed by atoms with Gasteiger partial charge in [0.1, 0.15) is 12.2 Å². The second-order valence-electron chi connectivity index (χ2n) is 5.59. The number of para-hydroxylation sites is 1. The molecule has 4 nitrogen and oxygen atoms in total. The summed E-state index contributed by atoms with van der Waals surface area (Å²) >= 11 is 0. The first-order valence-electron chi connectivity index (χ1n) is 6.87. The number of benzene rings is 1. The highest BCUT2D eigenvalue weighted by molar-refractivity contribution is 6.12. The third-order valence-corrected chi connectivity index (χ3v) is 4.20. The Bertz CT molecular complexity index is 571. The van der Waals surface area contributed by atoms with Crippen molar-refractivity contribution in [1.82, 2.24) is 5.32 Å². The fourth-order valence-corrected chi connectivity index (χ4v) is 2.89. The molecule has 0 bridgehead atoms. The zero-order chi connectivity index (χ0) is 14.3. The van der Waals surface area contributed by atoms with Gasteiger partial charge in [0.25, 0.3) is 11.8 Å². The van der Waals surface area contributed by atoms with E-state index in [1.807, 2.05) is 0 Å². The van der Waals surface area contributed by atoms with Gasteiger partial charge < -0.3 is 10.2 Å². The van der Waals surface area contributed by atoms with Crippen LogP contribution in [0, 0.1) is 5.92 Å². The van der Waals surface area contributed by atoms with Crippen molar-refractivity contribution < 1.29 is 14.0 Å². The van der Waals surface area contributed by atoms with Crippen LogP contribution in [-0.4, -0.2) is 30.6 Å². The Morgan fingerprint density at radius 3 is 2.70 bits per heavy atom. The Kier molecular flexibility index (Phi) is 3.00. The van der Waals surface area contributed by atoms with E-state index in [2.05, 4.69) is 5.32 Å². The summed E-state index contributed by atoms with van der Waals surface area (Å²) in [6.45, 7) is 1.10. The van der Waals surface area contributed by atoms with E-state index in [0.29, 0.717) is 11.3 Å². The molecule has 0 spiro atoms. The third-order valence-electron chi connectivity index (χ3n) is 4.20. The summed E-state index contributed by atoms with van der Waals surface area (Å²) in [7, 11) is 0. The predicted octanol–water partition coefficient (Wildman–Crippen LogP) is 1.90. The Morgan fingerprint density at radius 1 is 1.35 bits per heavy atom. The number of anilines is 1. The van der Waals surface area contributed by atoms with E-state index in [1.54, 1.807) is 31.2 Å². The van der Waals surface area contributed by atoms with Crippen LogP contribution in [0.2, 0.25) is 0 Å². The summed E-state index contributed by atoms with van der Waals surface area (Å²) < 4.78 is 12.8. The minimum Gasteiger partial charge on any atom is -0.338 e. The standard InChI is InChI=1S/C15H17FN2O2/c1-15(10-6-7-10)14(20)18(9-8-16)12-5-3-2-4-11(12)13(19)17-15/h2-5,10H,6-9H2,1H3,(H,17,19). The lowest BCUT2D eigenvalue weighted by molar-refractivity contribution is -0.124. The molecule has 1 aliphatic heterocycles. The maximum absolute atomic E-state index is 12.8. The highest BCUT2D eigenvalue weighted by atomic mass is 19.1. The van der Waals surface area contributed by atoms with Gasteiger partial charge >= 0.3 is 0 Å². The van der Waals surface area contributed by atoms with Crippen molar-refractivity contribution in [2.45, 2.75) is 25.3 Å². The number of rotatable bonds is 3. The molecule has 1 saturated carbocycles. The van der Waals surface area contributed by atoms with Gasteiger partial charge in [-0.3, -0.25) is 9.59 Å². The SMILES string of the molecule is CC1(C2CC2)NC(=O)c2ccccc2N(CCF)C1=O. The summed E-state index contributed by atoms with van der Waals surface area (Å²) in [4.78, 5) is 26.6. The second-order valence-corrected chi connectivity index (χ2v) is 5.59. The van der Waals surface area contributed by atoms with E-state index in [-0.39, 0.29) is 24.3 Å². The van der Waals surface area contributed by atoms with Crippen molar-refractivity contribution in [3.05, 3.63) is 29.8 Å². The molecule has 1 aliphatic carbocycles. The normalized spacial score (nSPS) is 26.0. The Labute approximate surface area is 117 Å². The van der Waals surface area contributed by atoms with E-state index in [4.69, 9.17) is 0 Å². The fraction of sp³-hybridized carbons (Fsp3) is 0.467. The van der Waals surface area contributed by atoms with Crippen LogP contribution in [0.15, 0.2) is 24.3 Å². The number of nitrogens with one attached hydrogen (secondary N) is 1. The van der Waals surface area contributed by atoms with E-state index in [1.165, 1.54) is 4.90 Å². The van der Waals surface area contributed by atoms with E-state index in [0.717, 1.165) is 12.8 Å². The summed E-state index contributed by atoms with van der Waals surface area (Å²) in [5, 5.41) is 2.86. The van der Waals surface area contributed by atoms with Crippen molar-refractivity contribution in [2.75, 3.05) is 18.1 Å².